The van der Waals surface area contributed by atoms with E-state index in [0.717, 1.165) is 5.56 Å². The summed E-state index contributed by atoms with van der Waals surface area (Å²) < 4.78 is 35.7. The van der Waals surface area contributed by atoms with Crippen molar-refractivity contribution in [1.82, 2.24) is 14.9 Å². The summed E-state index contributed by atoms with van der Waals surface area (Å²) in [6, 6.07) is 16.9. The van der Waals surface area contributed by atoms with Crippen molar-refractivity contribution in [1.29, 1.82) is 0 Å². The van der Waals surface area contributed by atoms with E-state index in [0.29, 0.717) is 29.0 Å². The molecule has 0 radical (unpaired) electrons. The Morgan fingerprint density at radius 3 is 2.37 bits per heavy atom. The van der Waals surface area contributed by atoms with E-state index < -0.39 is 29.3 Å². The highest BCUT2D eigenvalue weighted by Crippen LogP contribution is 2.31. The zero-order valence-electron chi connectivity index (χ0n) is 22.7. The van der Waals surface area contributed by atoms with Gasteiger partial charge in [0.25, 0.3) is 5.91 Å². The molecule has 1 heterocycles. The number of carbonyl (C=O) groups is 2. The highest BCUT2D eigenvalue weighted by atomic mass is 32.2. The number of ether oxygens (including phenoxy) is 1. The van der Waals surface area contributed by atoms with Gasteiger partial charge in [-0.2, -0.15) is 11.8 Å². The number of halogens is 2. The molecule has 10 heteroatoms. The van der Waals surface area contributed by atoms with Crippen molar-refractivity contribution in [3.8, 4) is 11.1 Å². The zero-order chi connectivity index (χ0) is 29.4. The molecule has 0 aliphatic heterocycles. The molecule has 2 N–H and O–H groups in total. The third-order valence-corrected chi connectivity index (χ3v) is 7.43. The number of imidazole rings is 1. The van der Waals surface area contributed by atoms with Crippen molar-refractivity contribution in [2.24, 2.45) is 0 Å². The number of aliphatic carboxylic acids is 1. The lowest BCUT2D eigenvalue weighted by Crippen LogP contribution is -2.52. The molecule has 7 nitrogen and oxygen atoms in total. The topological polar surface area (TPSA) is 93.5 Å². The second-order valence-electron chi connectivity index (χ2n) is 9.79. The SMILES string of the molecule is CSCC[C@](C)(NC(=O)c1cccc(COC(Cn2ccnc2)c2ccc(F)cc2)c1-c1ccc(F)cc1)C(=O)O. The fraction of sp³-hybridized carbons (Fsp3) is 0.258. The van der Waals surface area contributed by atoms with Crippen LogP contribution in [-0.2, 0) is 22.7 Å². The first-order valence-corrected chi connectivity index (χ1v) is 14.3. The summed E-state index contributed by atoms with van der Waals surface area (Å²) in [7, 11) is 0. The minimum atomic E-state index is -1.48. The summed E-state index contributed by atoms with van der Waals surface area (Å²) in [5, 5.41) is 12.6. The Balaban J connectivity index is 1.70. The zero-order valence-corrected chi connectivity index (χ0v) is 23.5. The number of nitrogens with one attached hydrogen (secondary N) is 1. The Morgan fingerprint density at radius 1 is 1.07 bits per heavy atom. The van der Waals surface area contributed by atoms with Crippen LogP contribution in [0.5, 0.6) is 0 Å². The van der Waals surface area contributed by atoms with E-state index >= 15 is 0 Å². The molecule has 3 aromatic carbocycles. The van der Waals surface area contributed by atoms with Crippen LogP contribution < -0.4 is 5.32 Å². The molecule has 4 rings (SSSR count). The average Bonchev–Trinajstić information content (AvgIpc) is 3.48. The summed E-state index contributed by atoms with van der Waals surface area (Å²) in [4.78, 5) is 29.8. The number of carbonyl (C=O) groups excluding carboxylic acids is 1. The van der Waals surface area contributed by atoms with E-state index in [4.69, 9.17) is 4.74 Å². The molecule has 4 aromatic rings. The number of carboxylic acids is 1. The van der Waals surface area contributed by atoms with Gasteiger partial charge in [-0.25, -0.2) is 18.6 Å². The lowest BCUT2D eigenvalue weighted by atomic mass is 9.92. The number of rotatable bonds is 13. The largest absolute Gasteiger partial charge is 0.480 e. The molecule has 0 bridgehead atoms. The van der Waals surface area contributed by atoms with Gasteiger partial charge in [-0.1, -0.05) is 36.4 Å². The summed E-state index contributed by atoms with van der Waals surface area (Å²) >= 11 is 1.49. The monoisotopic (exact) mass is 579 g/mol. The predicted octanol–water partition coefficient (Wildman–Crippen LogP) is 6.11. The number of nitrogens with zero attached hydrogens (tertiary/aromatic N) is 2. The quantitative estimate of drug-likeness (QED) is 0.199. The summed E-state index contributed by atoms with van der Waals surface area (Å²) in [5.41, 5.74) is 1.23. The molecule has 0 fully saturated rings. The Bertz CT molecular complexity index is 1460. The van der Waals surface area contributed by atoms with Gasteiger partial charge in [0.05, 0.1) is 19.5 Å². The molecule has 2 atom stereocenters. The maximum Gasteiger partial charge on any atom is 0.329 e. The average molecular weight is 580 g/mol. The third-order valence-electron chi connectivity index (χ3n) is 6.81. The molecular formula is C31H31F2N3O4S. The highest BCUT2D eigenvalue weighted by molar-refractivity contribution is 7.98. The van der Waals surface area contributed by atoms with E-state index in [-0.39, 0.29) is 24.4 Å². The van der Waals surface area contributed by atoms with Crippen LogP contribution in [0.2, 0.25) is 0 Å². The third kappa shape index (κ3) is 7.59. The van der Waals surface area contributed by atoms with Gasteiger partial charge < -0.3 is 19.7 Å². The first-order chi connectivity index (χ1) is 19.7. The summed E-state index contributed by atoms with van der Waals surface area (Å²) in [6.45, 7) is 1.95. The van der Waals surface area contributed by atoms with E-state index in [1.54, 1.807) is 61.2 Å². The highest BCUT2D eigenvalue weighted by Gasteiger charge is 2.35. The Morgan fingerprint density at radius 2 is 1.76 bits per heavy atom. The van der Waals surface area contributed by atoms with Crippen molar-refractivity contribution in [2.75, 3.05) is 12.0 Å². The number of hydrogen-bond donors (Lipinski definition) is 2. The van der Waals surface area contributed by atoms with Crippen LogP contribution >= 0.6 is 11.8 Å². The Kier molecular flexibility index (Phi) is 9.91. The van der Waals surface area contributed by atoms with Crippen molar-refractivity contribution >= 4 is 23.6 Å². The molecule has 1 amide bonds. The van der Waals surface area contributed by atoms with Crippen LogP contribution in [0.25, 0.3) is 11.1 Å². The van der Waals surface area contributed by atoms with Gasteiger partial charge in [-0.05, 0) is 77.9 Å². The maximum atomic E-state index is 13.8. The van der Waals surface area contributed by atoms with Crippen LogP contribution in [-0.4, -0.2) is 44.1 Å². The van der Waals surface area contributed by atoms with Crippen molar-refractivity contribution in [2.45, 2.75) is 38.1 Å². The number of aromatic nitrogens is 2. The lowest BCUT2D eigenvalue weighted by molar-refractivity contribution is -0.143. The molecule has 0 aliphatic rings. The molecule has 0 aliphatic carbocycles. The second kappa shape index (κ2) is 13.6. The molecule has 0 saturated heterocycles. The van der Waals surface area contributed by atoms with E-state index in [1.807, 2.05) is 10.8 Å². The maximum absolute atomic E-state index is 13.8. The van der Waals surface area contributed by atoms with E-state index in [1.165, 1.54) is 43.0 Å². The summed E-state index contributed by atoms with van der Waals surface area (Å²) in [5.74, 6) is -1.95. The van der Waals surface area contributed by atoms with Crippen molar-refractivity contribution in [3.63, 3.8) is 0 Å². The molecule has 41 heavy (non-hydrogen) atoms. The fourth-order valence-electron chi connectivity index (χ4n) is 4.42. The van der Waals surface area contributed by atoms with Gasteiger partial charge in [-0.15, -0.1) is 0 Å². The minimum Gasteiger partial charge on any atom is -0.480 e. The predicted molar refractivity (Wildman–Crippen MR) is 154 cm³/mol. The van der Waals surface area contributed by atoms with Gasteiger partial charge >= 0.3 is 5.97 Å². The Hall–Kier alpha value is -4.02. The van der Waals surface area contributed by atoms with Crippen LogP contribution in [0, 0.1) is 11.6 Å². The standard InChI is InChI=1S/C31H31F2N3O4S/c1-31(30(38)39,14-17-41-2)35-29(37)26-5-3-4-23(28(26)22-8-12-25(33)13-9-22)19-40-27(18-36-16-15-34-20-36)21-6-10-24(32)11-7-21/h3-13,15-16,20,27H,14,17-19H2,1-2H3,(H,35,37)(H,38,39)/t27?,31-/m0/s1. The first kappa shape index (κ1) is 30.0. The van der Waals surface area contributed by atoms with Gasteiger partial charge in [0, 0.05) is 18.0 Å². The van der Waals surface area contributed by atoms with Gasteiger partial charge in [-0.3, -0.25) is 4.79 Å². The first-order valence-electron chi connectivity index (χ1n) is 13.0. The van der Waals surface area contributed by atoms with E-state index in [9.17, 15) is 23.5 Å². The minimum absolute atomic E-state index is 0.0627. The lowest BCUT2D eigenvalue weighted by Gasteiger charge is -2.27. The van der Waals surface area contributed by atoms with Crippen LogP contribution in [0.4, 0.5) is 8.78 Å². The van der Waals surface area contributed by atoms with E-state index in [2.05, 4.69) is 10.3 Å². The normalized spacial score (nSPS) is 13.4. The smallest absolute Gasteiger partial charge is 0.329 e. The van der Waals surface area contributed by atoms with Crippen molar-refractivity contribution < 1.29 is 28.2 Å². The summed E-state index contributed by atoms with van der Waals surface area (Å²) in [6.07, 6.45) is 6.73. The number of benzene rings is 3. The molecule has 0 saturated carbocycles. The number of thioether (sulfide) groups is 1. The fourth-order valence-corrected chi connectivity index (χ4v) is 5.03. The van der Waals surface area contributed by atoms with Gasteiger partial charge in [0.2, 0.25) is 0 Å². The molecule has 1 aromatic heterocycles. The molecular weight excluding hydrogens is 548 g/mol. The van der Waals surface area contributed by atoms with Gasteiger partial charge in [0.1, 0.15) is 23.3 Å². The van der Waals surface area contributed by atoms with Gasteiger partial charge in [0.15, 0.2) is 0 Å². The number of carboxylic acid groups (broad SMARTS) is 1. The van der Waals surface area contributed by atoms with Crippen LogP contribution in [0.3, 0.4) is 0 Å². The second-order valence-corrected chi connectivity index (χ2v) is 10.8. The number of hydrogen-bond acceptors (Lipinski definition) is 5. The number of amides is 1. The molecule has 214 valence electrons. The van der Waals surface area contributed by atoms with Crippen LogP contribution in [0.15, 0.2) is 85.5 Å². The van der Waals surface area contributed by atoms with Crippen molar-refractivity contribution in [3.05, 3.63) is 114 Å². The molecule has 0 spiro atoms. The molecule has 1 unspecified atom stereocenters. The van der Waals surface area contributed by atoms with Crippen LogP contribution in [0.1, 0.15) is 40.9 Å². The Labute approximate surface area is 241 Å².